The molecule has 2 saturated carbocycles. The fourth-order valence-electron chi connectivity index (χ4n) is 5.77. The molecular formula is C32H31IrN2-. The van der Waals surface area contributed by atoms with E-state index in [0.29, 0.717) is 17.8 Å². The fraction of sp³-hybridized carbons (Fsp3) is 0.344. The van der Waals surface area contributed by atoms with Gasteiger partial charge in [-0.3, -0.25) is 4.98 Å². The van der Waals surface area contributed by atoms with Gasteiger partial charge in [-0.2, -0.15) is 0 Å². The summed E-state index contributed by atoms with van der Waals surface area (Å²) in [6, 6.07) is 19.6. The molecule has 2 aromatic heterocycles. The van der Waals surface area contributed by atoms with Gasteiger partial charge in [-0.05, 0) is 96.6 Å². The number of fused-ring (bicyclic) bond motifs is 6. The number of aromatic nitrogens is 2. The van der Waals surface area contributed by atoms with Crippen LogP contribution in [0.5, 0.6) is 0 Å². The van der Waals surface area contributed by atoms with Gasteiger partial charge in [-0.15, -0.1) is 29.7 Å². The molecule has 0 bridgehead atoms. The number of imidazole rings is 1. The number of hydrogen-bond donors (Lipinski definition) is 0. The Bertz CT molecular complexity index is 1580. The Morgan fingerprint density at radius 1 is 0.914 bits per heavy atom. The van der Waals surface area contributed by atoms with Crippen LogP contribution >= 0.6 is 0 Å². The molecule has 3 aromatic carbocycles. The van der Waals surface area contributed by atoms with Gasteiger partial charge in [-0.1, -0.05) is 37.4 Å². The molecule has 2 nitrogen and oxygen atoms in total. The number of hydrogen-bond acceptors (Lipinski definition) is 1. The molecule has 0 atom stereocenters. The van der Waals surface area contributed by atoms with Crippen LogP contribution in [0.4, 0.5) is 0 Å². The predicted octanol–water partition coefficient (Wildman–Crippen LogP) is 8.60. The standard InChI is InChI=1S/C32H31N2.Ir/c1-18(2)23-15-26(21-9-10-21)31(27(16-23)22-11-12-22)30-17-33-32-25-8-6-5-7-24(25)28-13-19(3)20(4)14-29(28)34(30)32;/h5-7,13-18,21-22H,9-12H2,1-4H3;/q-1;. The third kappa shape index (κ3) is 3.59. The van der Waals surface area contributed by atoms with Crippen LogP contribution in [0.15, 0.2) is 48.7 Å². The molecule has 2 aliphatic rings. The second kappa shape index (κ2) is 8.29. The first-order chi connectivity index (χ1) is 16.5. The maximum Gasteiger partial charge on any atom is 0.0639 e. The van der Waals surface area contributed by atoms with Crippen molar-refractivity contribution in [3.8, 4) is 11.3 Å². The van der Waals surface area contributed by atoms with E-state index in [0.717, 1.165) is 11.0 Å². The van der Waals surface area contributed by atoms with Crippen molar-refractivity contribution in [1.82, 2.24) is 9.38 Å². The van der Waals surface area contributed by atoms with Crippen LogP contribution in [0.3, 0.4) is 0 Å². The summed E-state index contributed by atoms with van der Waals surface area (Å²) in [5.41, 5.74) is 12.3. The minimum atomic E-state index is 0. The number of benzene rings is 3. The van der Waals surface area contributed by atoms with Crippen LogP contribution in [0, 0.1) is 19.9 Å². The van der Waals surface area contributed by atoms with Gasteiger partial charge >= 0.3 is 0 Å². The molecule has 0 unspecified atom stereocenters. The Kier molecular flexibility index (Phi) is 5.43. The zero-order valence-corrected chi connectivity index (χ0v) is 23.3. The summed E-state index contributed by atoms with van der Waals surface area (Å²) >= 11 is 0. The van der Waals surface area contributed by atoms with Gasteiger partial charge in [-0.25, -0.2) is 0 Å². The van der Waals surface area contributed by atoms with Crippen LogP contribution in [-0.4, -0.2) is 9.38 Å². The number of pyridine rings is 1. The molecule has 0 aliphatic heterocycles. The normalized spacial score (nSPS) is 15.9. The summed E-state index contributed by atoms with van der Waals surface area (Å²) in [6.07, 6.45) is 7.39. The van der Waals surface area contributed by atoms with E-state index in [9.17, 15) is 0 Å². The van der Waals surface area contributed by atoms with Crippen molar-refractivity contribution in [3.63, 3.8) is 0 Å². The van der Waals surface area contributed by atoms with Gasteiger partial charge in [0.15, 0.2) is 0 Å². The maximum absolute atomic E-state index is 5.06. The first-order valence-corrected chi connectivity index (χ1v) is 12.9. The van der Waals surface area contributed by atoms with Gasteiger partial charge in [0.05, 0.1) is 11.3 Å². The van der Waals surface area contributed by atoms with Crippen molar-refractivity contribution in [2.75, 3.05) is 0 Å². The van der Waals surface area contributed by atoms with Crippen molar-refractivity contribution in [2.24, 2.45) is 0 Å². The fourth-order valence-corrected chi connectivity index (χ4v) is 5.77. The van der Waals surface area contributed by atoms with E-state index in [-0.39, 0.29) is 20.1 Å². The quantitative estimate of drug-likeness (QED) is 0.143. The largest absolute Gasteiger partial charge is 0.333 e. The maximum atomic E-state index is 5.06. The second-order valence-electron chi connectivity index (χ2n) is 11.0. The zero-order valence-electron chi connectivity index (χ0n) is 20.9. The smallest absolute Gasteiger partial charge is 0.0639 e. The van der Waals surface area contributed by atoms with Crippen molar-refractivity contribution in [3.05, 3.63) is 82.5 Å². The average molecular weight is 636 g/mol. The van der Waals surface area contributed by atoms with Crippen molar-refractivity contribution >= 4 is 27.3 Å². The Morgan fingerprint density at radius 2 is 1.57 bits per heavy atom. The third-order valence-electron chi connectivity index (χ3n) is 8.16. The molecule has 0 N–H and O–H groups in total. The SMILES string of the molecule is Cc1cc2c3ccc[c-]c3c3ncc(-c4c(C5CC5)cc(C(C)C)cc4C4CC4)n3c2cc1C.[Ir]. The minimum Gasteiger partial charge on any atom is -0.333 e. The topological polar surface area (TPSA) is 17.3 Å². The van der Waals surface area contributed by atoms with E-state index >= 15 is 0 Å². The third-order valence-corrected chi connectivity index (χ3v) is 8.16. The van der Waals surface area contributed by atoms with Gasteiger partial charge in [0, 0.05) is 37.4 Å². The molecule has 2 fully saturated rings. The Labute approximate surface area is 221 Å². The Balaban J connectivity index is 0.00000229. The van der Waals surface area contributed by atoms with E-state index in [1.807, 2.05) is 6.07 Å². The van der Waals surface area contributed by atoms with Crippen LogP contribution in [0.2, 0.25) is 0 Å². The second-order valence-corrected chi connectivity index (χ2v) is 11.0. The predicted molar refractivity (Wildman–Crippen MR) is 142 cm³/mol. The summed E-state index contributed by atoms with van der Waals surface area (Å²) in [5, 5.41) is 3.65. The average Bonchev–Trinajstić information content (AvgIpc) is 3.76. The first kappa shape index (κ1) is 23.0. The number of aryl methyl sites for hydroxylation is 2. The molecule has 5 aromatic rings. The molecular weight excluding hydrogens is 605 g/mol. The molecule has 2 aliphatic carbocycles. The molecule has 179 valence electrons. The van der Waals surface area contributed by atoms with E-state index in [4.69, 9.17) is 4.98 Å². The van der Waals surface area contributed by atoms with Crippen molar-refractivity contribution in [2.45, 2.75) is 71.1 Å². The molecule has 0 spiro atoms. The van der Waals surface area contributed by atoms with Crippen LogP contribution < -0.4 is 0 Å². The first-order valence-electron chi connectivity index (χ1n) is 12.9. The molecule has 0 saturated heterocycles. The van der Waals surface area contributed by atoms with Gasteiger partial charge in [0.2, 0.25) is 0 Å². The van der Waals surface area contributed by atoms with Crippen LogP contribution in [0.1, 0.15) is 85.1 Å². The number of rotatable bonds is 4. The summed E-state index contributed by atoms with van der Waals surface area (Å²) < 4.78 is 2.45. The summed E-state index contributed by atoms with van der Waals surface area (Å²) in [4.78, 5) is 5.06. The Morgan fingerprint density at radius 3 is 2.20 bits per heavy atom. The van der Waals surface area contributed by atoms with Crippen LogP contribution in [0.25, 0.3) is 38.6 Å². The minimum absolute atomic E-state index is 0. The molecule has 35 heavy (non-hydrogen) atoms. The van der Waals surface area contributed by atoms with E-state index in [1.54, 1.807) is 11.1 Å². The molecule has 2 heterocycles. The molecule has 3 heteroatoms. The molecule has 0 amide bonds. The molecule has 1 radical (unpaired) electrons. The summed E-state index contributed by atoms with van der Waals surface area (Å²) in [6.45, 7) is 9.10. The zero-order chi connectivity index (χ0) is 23.1. The number of nitrogens with zero attached hydrogens (tertiary/aromatic N) is 2. The van der Waals surface area contributed by atoms with Gasteiger partial charge in [0.25, 0.3) is 0 Å². The monoisotopic (exact) mass is 636 g/mol. The van der Waals surface area contributed by atoms with Crippen molar-refractivity contribution in [1.29, 1.82) is 0 Å². The Hall–Kier alpha value is -2.48. The van der Waals surface area contributed by atoms with E-state index in [2.05, 4.69) is 80.8 Å². The molecule has 7 rings (SSSR count). The van der Waals surface area contributed by atoms with E-state index in [1.165, 1.54) is 69.9 Å². The van der Waals surface area contributed by atoms with E-state index < -0.39 is 0 Å². The van der Waals surface area contributed by atoms with Gasteiger partial charge < -0.3 is 4.40 Å². The summed E-state index contributed by atoms with van der Waals surface area (Å²) in [7, 11) is 0. The van der Waals surface area contributed by atoms with Crippen LogP contribution in [-0.2, 0) is 20.1 Å². The van der Waals surface area contributed by atoms with Gasteiger partial charge in [0.1, 0.15) is 0 Å². The summed E-state index contributed by atoms with van der Waals surface area (Å²) in [5.74, 6) is 1.94. The van der Waals surface area contributed by atoms with Crippen molar-refractivity contribution < 1.29 is 20.1 Å².